The van der Waals surface area contributed by atoms with Crippen molar-refractivity contribution in [3.8, 4) is 0 Å². The SMILES string of the molecule is C=C/C(=C\C=C(/C)C1CCNCC1)OC1CCC(=O)NC1=O.CC. The van der Waals surface area contributed by atoms with Gasteiger partial charge in [-0.1, -0.05) is 32.1 Å². The summed E-state index contributed by atoms with van der Waals surface area (Å²) in [6, 6.07) is 0. The van der Waals surface area contributed by atoms with E-state index in [9.17, 15) is 9.59 Å². The number of hydrogen-bond acceptors (Lipinski definition) is 4. The molecule has 2 fully saturated rings. The van der Waals surface area contributed by atoms with Gasteiger partial charge in [0.05, 0.1) is 0 Å². The van der Waals surface area contributed by atoms with Crippen LogP contribution in [0.1, 0.15) is 46.5 Å². The molecule has 1 unspecified atom stereocenters. The summed E-state index contributed by atoms with van der Waals surface area (Å²) in [4.78, 5) is 22.8. The summed E-state index contributed by atoms with van der Waals surface area (Å²) in [6.45, 7) is 12.0. The van der Waals surface area contributed by atoms with Gasteiger partial charge in [0.2, 0.25) is 5.91 Å². The summed E-state index contributed by atoms with van der Waals surface area (Å²) in [7, 11) is 0. The highest BCUT2D eigenvalue weighted by Crippen LogP contribution is 2.21. The van der Waals surface area contributed by atoms with Crippen molar-refractivity contribution in [3.05, 3.63) is 36.1 Å². The van der Waals surface area contributed by atoms with Gasteiger partial charge in [-0.3, -0.25) is 14.9 Å². The summed E-state index contributed by atoms with van der Waals surface area (Å²) in [5, 5.41) is 5.64. The Bertz CT molecular complexity index is 503. The maximum atomic E-state index is 11.7. The number of amides is 2. The summed E-state index contributed by atoms with van der Waals surface area (Å²) in [5.74, 6) is 0.542. The average molecular weight is 334 g/mol. The van der Waals surface area contributed by atoms with Crippen molar-refractivity contribution in [1.29, 1.82) is 0 Å². The maximum Gasteiger partial charge on any atom is 0.267 e. The van der Waals surface area contributed by atoms with Crippen LogP contribution in [0.2, 0.25) is 0 Å². The minimum absolute atomic E-state index is 0.240. The van der Waals surface area contributed by atoms with Crippen LogP contribution in [0.5, 0.6) is 0 Å². The molecule has 2 amide bonds. The number of nitrogens with one attached hydrogen (secondary N) is 2. The number of allylic oxidation sites excluding steroid dienone is 4. The molecule has 0 saturated carbocycles. The zero-order chi connectivity index (χ0) is 17.9. The first-order valence-corrected chi connectivity index (χ1v) is 8.82. The van der Waals surface area contributed by atoms with Crippen LogP contribution < -0.4 is 10.6 Å². The van der Waals surface area contributed by atoms with E-state index in [4.69, 9.17) is 4.74 Å². The highest BCUT2D eigenvalue weighted by Gasteiger charge is 2.28. The molecule has 0 aromatic rings. The molecule has 2 aliphatic heterocycles. The van der Waals surface area contributed by atoms with Crippen LogP contribution in [0.4, 0.5) is 0 Å². The molecule has 2 saturated heterocycles. The first-order chi connectivity index (χ1) is 11.6. The van der Waals surface area contributed by atoms with E-state index in [0.717, 1.165) is 25.9 Å². The first-order valence-electron chi connectivity index (χ1n) is 8.82. The zero-order valence-corrected chi connectivity index (χ0v) is 15.1. The number of imide groups is 1. The number of rotatable bonds is 5. The van der Waals surface area contributed by atoms with Crippen LogP contribution >= 0.6 is 0 Å². The Labute approximate surface area is 145 Å². The van der Waals surface area contributed by atoms with Gasteiger partial charge in [-0.2, -0.15) is 0 Å². The van der Waals surface area contributed by atoms with E-state index < -0.39 is 6.10 Å². The molecule has 1 atom stereocenters. The molecule has 0 bridgehead atoms. The lowest BCUT2D eigenvalue weighted by molar-refractivity contribution is -0.140. The lowest BCUT2D eigenvalue weighted by atomic mass is 9.90. The monoisotopic (exact) mass is 334 g/mol. The van der Waals surface area contributed by atoms with Crippen molar-refractivity contribution >= 4 is 11.8 Å². The molecule has 2 heterocycles. The molecular formula is C19H30N2O3. The summed E-state index contributed by atoms with van der Waals surface area (Å²) >= 11 is 0. The molecule has 0 aliphatic carbocycles. The first kappa shape index (κ1) is 20.2. The van der Waals surface area contributed by atoms with Crippen LogP contribution in [0.3, 0.4) is 0 Å². The Kier molecular flexibility index (Phi) is 9.08. The molecule has 2 aliphatic rings. The zero-order valence-electron chi connectivity index (χ0n) is 15.1. The Morgan fingerprint density at radius 3 is 2.42 bits per heavy atom. The molecule has 0 spiro atoms. The Morgan fingerprint density at radius 2 is 1.83 bits per heavy atom. The van der Waals surface area contributed by atoms with Gasteiger partial charge in [0.1, 0.15) is 5.76 Å². The molecular weight excluding hydrogens is 304 g/mol. The summed E-state index contributed by atoms with van der Waals surface area (Å²) in [6.07, 6.45) is 7.89. The number of ether oxygens (including phenoxy) is 1. The molecule has 24 heavy (non-hydrogen) atoms. The maximum absolute atomic E-state index is 11.7. The van der Waals surface area contributed by atoms with Crippen LogP contribution in [-0.4, -0.2) is 31.0 Å². The van der Waals surface area contributed by atoms with Gasteiger partial charge < -0.3 is 10.1 Å². The van der Waals surface area contributed by atoms with Gasteiger partial charge in [-0.05, 0) is 50.9 Å². The van der Waals surface area contributed by atoms with Crippen molar-refractivity contribution in [2.75, 3.05) is 13.1 Å². The second kappa shape index (κ2) is 10.8. The van der Waals surface area contributed by atoms with E-state index in [0.29, 0.717) is 24.5 Å². The predicted octanol–water partition coefficient (Wildman–Crippen LogP) is 2.85. The molecule has 134 valence electrons. The lowest BCUT2D eigenvalue weighted by Crippen LogP contribution is -2.44. The van der Waals surface area contributed by atoms with Gasteiger partial charge in [-0.25, -0.2) is 0 Å². The van der Waals surface area contributed by atoms with Gasteiger partial charge in [0.25, 0.3) is 5.91 Å². The molecule has 0 aromatic carbocycles. The van der Waals surface area contributed by atoms with Gasteiger partial charge in [-0.15, -0.1) is 0 Å². The lowest BCUT2D eigenvalue weighted by Gasteiger charge is -2.23. The number of piperidine rings is 2. The van der Waals surface area contributed by atoms with Crippen LogP contribution in [0, 0.1) is 5.92 Å². The molecule has 5 nitrogen and oxygen atoms in total. The number of hydrogen-bond donors (Lipinski definition) is 2. The highest BCUT2D eigenvalue weighted by atomic mass is 16.5. The number of carbonyl (C=O) groups is 2. The average Bonchev–Trinajstić information content (AvgIpc) is 2.62. The third-order valence-electron chi connectivity index (χ3n) is 4.16. The van der Waals surface area contributed by atoms with Crippen molar-refractivity contribution in [1.82, 2.24) is 10.6 Å². The highest BCUT2D eigenvalue weighted by molar-refractivity contribution is 5.99. The Morgan fingerprint density at radius 1 is 1.17 bits per heavy atom. The second-order valence-corrected chi connectivity index (χ2v) is 5.77. The smallest absolute Gasteiger partial charge is 0.267 e. The third kappa shape index (κ3) is 6.32. The normalized spacial score (nSPS) is 23.0. The van der Waals surface area contributed by atoms with Crippen molar-refractivity contribution in [2.45, 2.75) is 52.6 Å². The van der Waals surface area contributed by atoms with E-state index >= 15 is 0 Å². The topological polar surface area (TPSA) is 67.4 Å². The number of carbonyl (C=O) groups excluding carboxylic acids is 2. The van der Waals surface area contributed by atoms with E-state index in [-0.39, 0.29) is 11.8 Å². The van der Waals surface area contributed by atoms with Crippen molar-refractivity contribution < 1.29 is 14.3 Å². The van der Waals surface area contributed by atoms with Crippen molar-refractivity contribution in [2.24, 2.45) is 5.92 Å². The van der Waals surface area contributed by atoms with E-state index in [1.165, 1.54) is 5.57 Å². The van der Waals surface area contributed by atoms with Gasteiger partial charge in [0, 0.05) is 12.8 Å². The van der Waals surface area contributed by atoms with Gasteiger partial charge >= 0.3 is 0 Å². The quantitative estimate of drug-likeness (QED) is 0.461. The van der Waals surface area contributed by atoms with E-state index in [2.05, 4.69) is 24.1 Å². The second-order valence-electron chi connectivity index (χ2n) is 5.77. The molecule has 0 radical (unpaired) electrons. The summed E-state index contributed by atoms with van der Waals surface area (Å²) < 4.78 is 5.66. The van der Waals surface area contributed by atoms with Crippen molar-refractivity contribution in [3.63, 3.8) is 0 Å². The van der Waals surface area contributed by atoms with Crippen LogP contribution in [0.15, 0.2) is 36.1 Å². The minimum Gasteiger partial charge on any atom is -0.481 e. The molecule has 5 heteroatoms. The molecule has 0 aromatic heterocycles. The predicted molar refractivity (Wildman–Crippen MR) is 96.2 cm³/mol. The fourth-order valence-electron chi connectivity index (χ4n) is 2.73. The minimum atomic E-state index is -0.616. The van der Waals surface area contributed by atoms with Gasteiger partial charge in [0.15, 0.2) is 6.10 Å². The fourth-order valence-corrected chi connectivity index (χ4v) is 2.73. The van der Waals surface area contributed by atoms with E-state index in [1.807, 2.05) is 26.0 Å². The largest absolute Gasteiger partial charge is 0.481 e. The molecule has 2 N–H and O–H groups in total. The van der Waals surface area contributed by atoms with E-state index in [1.54, 1.807) is 6.08 Å². The van der Waals surface area contributed by atoms with Crippen LogP contribution in [-0.2, 0) is 14.3 Å². The Hall–Kier alpha value is -1.88. The fraction of sp³-hybridized carbons (Fsp3) is 0.579. The standard InChI is InChI=1S/C17H24N2O3.C2H6/c1-3-14(22-15-6-7-16(20)19-17(15)21)5-4-12(2)13-8-10-18-11-9-13;1-2/h3-5,13,15,18H,1,6-11H2,2H3,(H,19,20,21);1-2H3/b12-4+,14-5+;. The molecule has 2 rings (SSSR count). The third-order valence-corrected chi connectivity index (χ3v) is 4.16. The summed E-state index contributed by atoms with van der Waals surface area (Å²) in [5.41, 5.74) is 1.31. The Balaban J connectivity index is 0.00000139. The van der Waals surface area contributed by atoms with Crippen LogP contribution in [0.25, 0.3) is 0 Å².